The number of H-pyrrole nitrogens is 1. The molecule has 7 nitrogen and oxygen atoms in total. The van der Waals surface area contributed by atoms with Crippen LogP contribution < -0.4 is 5.32 Å². The molecule has 2 rings (SSSR count). The Morgan fingerprint density at radius 2 is 2.14 bits per heavy atom. The molecular weight excluding hydrogens is 284 g/mol. The van der Waals surface area contributed by atoms with Crippen LogP contribution in [0.5, 0.6) is 0 Å². The minimum atomic E-state index is -1.02. The maximum absolute atomic E-state index is 12.5. The normalized spacial score (nSPS) is 12.3. The zero-order valence-electron chi connectivity index (χ0n) is 12.9. The fraction of sp³-hybridized carbons (Fsp3) is 0.467. The number of aromatic amines is 1. The number of nitrogens with zero attached hydrogens (tertiary/aromatic N) is 2. The number of carboxylic acids is 1. The molecule has 0 fully saturated rings. The van der Waals surface area contributed by atoms with Crippen molar-refractivity contribution in [1.82, 2.24) is 20.5 Å². The summed E-state index contributed by atoms with van der Waals surface area (Å²) in [6.45, 7) is 5.55. The van der Waals surface area contributed by atoms with E-state index in [0.29, 0.717) is 28.7 Å². The van der Waals surface area contributed by atoms with Crippen molar-refractivity contribution in [3.63, 3.8) is 0 Å². The predicted molar refractivity (Wildman–Crippen MR) is 81.8 cm³/mol. The van der Waals surface area contributed by atoms with Crippen LogP contribution in [-0.4, -0.2) is 38.2 Å². The van der Waals surface area contributed by atoms with Crippen LogP contribution in [0, 0.1) is 13.8 Å². The van der Waals surface area contributed by atoms with Crippen molar-refractivity contribution in [3.8, 4) is 0 Å². The molecule has 0 spiro atoms. The third-order valence-electron chi connectivity index (χ3n) is 3.53. The average molecular weight is 304 g/mol. The number of unbranched alkanes of at least 4 members (excludes halogenated alkanes) is 1. The van der Waals surface area contributed by atoms with Gasteiger partial charge in [-0.05, 0) is 26.3 Å². The van der Waals surface area contributed by atoms with E-state index in [9.17, 15) is 14.7 Å². The minimum Gasteiger partial charge on any atom is -0.480 e. The SMILES string of the molecule is CCCCC(NC(=O)c1cc(C)nc2n[nH]c(C)c12)C(=O)O. The van der Waals surface area contributed by atoms with Crippen molar-refractivity contribution < 1.29 is 14.7 Å². The van der Waals surface area contributed by atoms with Crippen LogP contribution in [0.2, 0.25) is 0 Å². The van der Waals surface area contributed by atoms with E-state index < -0.39 is 17.9 Å². The molecule has 1 amide bonds. The second-order valence-electron chi connectivity index (χ2n) is 5.36. The van der Waals surface area contributed by atoms with Gasteiger partial charge in [-0.3, -0.25) is 9.89 Å². The maximum atomic E-state index is 12.5. The maximum Gasteiger partial charge on any atom is 0.326 e. The van der Waals surface area contributed by atoms with Gasteiger partial charge in [0.15, 0.2) is 5.65 Å². The van der Waals surface area contributed by atoms with Crippen molar-refractivity contribution in [1.29, 1.82) is 0 Å². The number of hydrogen-bond donors (Lipinski definition) is 3. The Labute approximate surface area is 128 Å². The molecule has 0 aliphatic rings. The highest BCUT2D eigenvalue weighted by Crippen LogP contribution is 2.20. The molecule has 0 aromatic carbocycles. The van der Waals surface area contributed by atoms with Gasteiger partial charge in [0.2, 0.25) is 0 Å². The lowest BCUT2D eigenvalue weighted by Crippen LogP contribution is -2.40. The molecule has 22 heavy (non-hydrogen) atoms. The fourth-order valence-electron chi connectivity index (χ4n) is 2.38. The number of nitrogens with one attached hydrogen (secondary N) is 2. The lowest BCUT2D eigenvalue weighted by atomic mass is 10.1. The number of carbonyl (C=O) groups excluding carboxylic acids is 1. The van der Waals surface area contributed by atoms with E-state index in [2.05, 4.69) is 20.5 Å². The van der Waals surface area contributed by atoms with Gasteiger partial charge in [0.1, 0.15) is 6.04 Å². The predicted octanol–water partition coefficient (Wildman–Crippen LogP) is 1.95. The van der Waals surface area contributed by atoms with Gasteiger partial charge >= 0.3 is 5.97 Å². The molecule has 118 valence electrons. The van der Waals surface area contributed by atoms with Crippen LogP contribution in [0.25, 0.3) is 11.0 Å². The van der Waals surface area contributed by atoms with E-state index in [1.54, 1.807) is 19.9 Å². The molecule has 0 bridgehead atoms. The summed E-state index contributed by atoms with van der Waals surface area (Å²) in [4.78, 5) is 28.0. The molecule has 0 aliphatic heterocycles. The van der Waals surface area contributed by atoms with Crippen molar-refractivity contribution >= 4 is 22.9 Å². The van der Waals surface area contributed by atoms with E-state index in [1.807, 2.05) is 6.92 Å². The van der Waals surface area contributed by atoms with Gasteiger partial charge in [0.05, 0.1) is 10.9 Å². The number of aliphatic carboxylic acids is 1. The molecule has 0 aliphatic carbocycles. The zero-order chi connectivity index (χ0) is 16.3. The van der Waals surface area contributed by atoms with Crippen LogP contribution >= 0.6 is 0 Å². The Kier molecular flexibility index (Phi) is 4.75. The molecule has 1 atom stereocenters. The highest BCUT2D eigenvalue weighted by Gasteiger charge is 2.22. The molecular formula is C15H20N4O3. The van der Waals surface area contributed by atoms with E-state index in [4.69, 9.17) is 0 Å². The summed E-state index contributed by atoms with van der Waals surface area (Å²) in [6, 6.07) is 0.766. The average Bonchev–Trinajstić information content (AvgIpc) is 2.83. The highest BCUT2D eigenvalue weighted by atomic mass is 16.4. The molecule has 2 aromatic heterocycles. The molecule has 3 N–H and O–H groups in total. The van der Waals surface area contributed by atoms with Crippen LogP contribution in [-0.2, 0) is 4.79 Å². The fourth-order valence-corrected chi connectivity index (χ4v) is 2.38. The molecule has 7 heteroatoms. The standard InChI is InChI=1S/C15H20N4O3/c1-4-5-6-11(15(21)22)17-14(20)10-7-8(2)16-13-12(10)9(3)18-19-13/h7,11H,4-6H2,1-3H3,(H,17,20)(H,21,22)(H,16,18,19). The van der Waals surface area contributed by atoms with Gasteiger partial charge < -0.3 is 10.4 Å². The third kappa shape index (κ3) is 3.24. The second-order valence-corrected chi connectivity index (χ2v) is 5.36. The van der Waals surface area contributed by atoms with Crippen molar-refractivity contribution in [2.75, 3.05) is 0 Å². The summed E-state index contributed by atoms with van der Waals surface area (Å²) in [7, 11) is 0. The van der Waals surface area contributed by atoms with E-state index in [1.165, 1.54) is 0 Å². The largest absolute Gasteiger partial charge is 0.480 e. The summed E-state index contributed by atoms with van der Waals surface area (Å²) in [6.07, 6.45) is 2.03. The second kappa shape index (κ2) is 6.55. The first-order chi connectivity index (χ1) is 10.4. The molecule has 2 heterocycles. The number of fused-ring (bicyclic) bond motifs is 1. The first-order valence-corrected chi connectivity index (χ1v) is 7.30. The molecule has 0 saturated heterocycles. The smallest absolute Gasteiger partial charge is 0.326 e. The summed E-state index contributed by atoms with van der Waals surface area (Å²) >= 11 is 0. The summed E-state index contributed by atoms with van der Waals surface area (Å²) in [5.41, 5.74) is 2.25. The lowest BCUT2D eigenvalue weighted by molar-refractivity contribution is -0.139. The van der Waals surface area contributed by atoms with Crippen LogP contribution in [0.3, 0.4) is 0 Å². The number of amides is 1. The summed E-state index contributed by atoms with van der Waals surface area (Å²) in [5.74, 6) is -1.43. The van der Waals surface area contributed by atoms with Gasteiger partial charge in [0.25, 0.3) is 5.91 Å². The quantitative estimate of drug-likeness (QED) is 0.756. The Hall–Kier alpha value is -2.44. The number of rotatable bonds is 6. The van der Waals surface area contributed by atoms with Gasteiger partial charge in [-0.15, -0.1) is 0 Å². The van der Waals surface area contributed by atoms with E-state index >= 15 is 0 Å². The summed E-state index contributed by atoms with van der Waals surface area (Å²) < 4.78 is 0. The Morgan fingerprint density at radius 1 is 1.41 bits per heavy atom. The van der Waals surface area contributed by atoms with Crippen molar-refractivity contribution in [2.24, 2.45) is 0 Å². The lowest BCUT2D eigenvalue weighted by Gasteiger charge is -2.14. The molecule has 1 unspecified atom stereocenters. The summed E-state index contributed by atoms with van der Waals surface area (Å²) in [5, 5.41) is 19.3. The number of hydrogen-bond acceptors (Lipinski definition) is 4. The molecule has 0 radical (unpaired) electrons. The Bertz CT molecular complexity index is 708. The first kappa shape index (κ1) is 15.9. The number of carboxylic acid groups (broad SMARTS) is 1. The number of aromatic nitrogens is 3. The molecule has 2 aromatic rings. The van der Waals surface area contributed by atoms with E-state index in [-0.39, 0.29) is 0 Å². The first-order valence-electron chi connectivity index (χ1n) is 7.30. The Balaban J connectivity index is 2.32. The van der Waals surface area contributed by atoms with Crippen LogP contribution in [0.15, 0.2) is 6.07 Å². The number of pyridine rings is 1. The molecule has 0 saturated carbocycles. The monoisotopic (exact) mass is 304 g/mol. The number of carbonyl (C=O) groups is 2. The van der Waals surface area contributed by atoms with Crippen molar-refractivity contribution in [3.05, 3.63) is 23.0 Å². The number of aryl methyl sites for hydroxylation is 2. The topological polar surface area (TPSA) is 108 Å². The van der Waals surface area contributed by atoms with Crippen LogP contribution in [0.1, 0.15) is 47.9 Å². The third-order valence-corrected chi connectivity index (χ3v) is 3.53. The Morgan fingerprint density at radius 3 is 2.77 bits per heavy atom. The minimum absolute atomic E-state index is 0.400. The van der Waals surface area contributed by atoms with Gasteiger partial charge in [0, 0.05) is 11.4 Å². The van der Waals surface area contributed by atoms with Gasteiger partial charge in [-0.25, -0.2) is 9.78 Å². The zero-order valence-corrected chi connectivity index (χ0v) is 12.9. The van der Waals surface area contributed by atoms with E-state index in [0.717, 1.165) is 18.5 Å². The highest BCUT2D eigenvalue weighted by molar-refractivity contribution is 6.07. The van der Waals surface area contributed by atoms with Gasteiger partial charge in [-0.2, -0.15) is 5.10 Å². The van der Waals surface area contributed by atoms with Gasteiger partial charge in [-0.1, -0.05) is 19.8 Å². The van der Waals surface area contributed by atoms with Crippen LogP contribution in [0.4, 0.5) is 0 Å². The van der Waals surface area contributed by atoms with Crippen molar-refractivity contribution in [2.45, 2.75) is 46.1 Å².